The van der Waals surface area contributed by atoms with E-state index >= 15 is 0 Å². The smallest absolute Gasteiger partial charge is 0.123 e. The Kier molecular flexibility index (Phi) is 2.65. The second kappa shape index (κ2) is 4.30. The average Bonchev–Trinajstić information content (AvgIpc) is 2.72. The molecular weight excluding hydrogens is 217 g/mol. The second-order valence-electron chi connectivity index (χ2n) is 4.49. The molecule has 3 nitrogen and oxygen atoms in total. The van der Waals surface area contributed by atoms with Crippen molar-refractivity contribution in [2.75, 3.05) is 13.1 Å². The van der Waals surface area contributed by atoms with E-state index in [9.17, 15) is 4.39 Å². The molecule has 17 heavy (non-hydrogen) atoms. The lowest BCUT2D eigenvalue weighted by Gasteiger charge is -2.26. The van der Waals surface area contributed by atoms with E-state index in [4.69, 9.17) is 0 Å². The van der Waals surface area contributed by atoms with Crippen LogP contribution in [0.1, 0.15) is 0 Å². The fourth-order valence-electron chi connectivity index (χ4n) is 2.02. The highest BCUT2D eigenvalue weighted by Crippen LogP contribution is 2.19. The van der Waals surface area contributed by atoms with Gasteiger partial charge in [0.25, 0.3) is 0 Å². The van der Waals surface area contributed by atoms with Gasteiger partial charge in [0, 0.05) is 37.3 Å². The van der Waals surface area contributed by atoms with Gasteiger partial charge >= 0.3 is 0 Å². The van der Waals surface area contributed by atoms with Gasteiger partial charge in [-0.15, -0.1) is 0 Å². The first-order valence-electron chi connectivity index (χ1n) is 5.80. The molecule has 1 aliphatic rings. The van der Waals surface area contributed by atoms with Crippen molar-refractivity contribution in [1.29, 1.82) is 0 Å². The van der Waals surface area contributed by atoms with Crippen LogP contribution >= 0.6 is 0 Å². The molecule has 1 aromatic carbocycles. The number of nitrogens with zero attached hydrogens (tertiary/aromatic N) is 2. The van der Waals surface area contributed by atoms with E-state index in [-0.39, 0.29) is 5.82 Å². The summed E-state index contributed by atoms with van der Waals surface area (Å²) >= 11 is 0. The van der Waals surface area contributed by atoms with Crippen molar-refractivity contribution in [2.45, 2.75) is 6.54 Å². The van der Waals surface area contributed by atoms with Crippen LogP contribution in [0.15, 0.2) is 36.7 Å². The molecule has 1 fully saturated rings. The molecule has 0 saturated carbocycles. The molecule has 0 atom stereocenters. The van der Waals surface area contributed by atoms with Crippen LogP contribution in [-0.4, -0.2) is 22.9 Å². The minimum atomic E-state index is -0.210. The lowest BCUT2D eigenvalue weighted by Crippen LogP contribution is -2.44. The van der Waals surface area contributed by atoms with Crippen LogP contribution < -0.4 is 5.32 Å². The normalized spacial score (nSPS) is 15.8. The number of halogens is 1. The first-order chi connectivity index (χ1) is 8.31. The van der Waals surface area contributed by atoms with Gasteiger partial charge in [-0.1, -0.05) is 12.1 Å². The van der Waals surface area contributed by atoms with Crippen molar-refractivity contribution >= 4 is 0 Å². The summed E-state index contributed by atoms with van der Waals surface area (Å²) < 4.78 is 15.0. The van der Waals surface area contributed by atoms with E-state index in [0.29, 0.717) is 5.92 Å². The van der Waals surface area contributed by atoms with Gasteiger partial charge in [0.05, 0.1) is 6.20 Å². The topological polar surface area (TPSA) is 29.9 Å². The van der Waals surface area contributed by atoms with Crippen molar-refractivity contribution in [3.63, 3.8) is 0 Å². The van der Waals surface area contributed by atoms with Gasteiger partial charge in [0.2, 0.25) is 0 Å². The molecule has 2 heterocycles. The van der Waals surface area contributed by atoms with Crippen LogP contribution in [0.2, 0.25) is 0 Å². The van der Waals surface area contributed by atoms with Crippen molar-refractivity contribution in [3.8, 4) is 11.1 Å². The van der Waals surface area contributed by atoms with E-state index < -0.39 is 0 Å². The molecule has 3 rings (SSSR count). The Bertz CT molecular complexity index is 517. The molecule has 0 amide bonds. The zero-order valence-electron chi connectivity index (χ0n) is 9.44. The molecule has 1 aromatic heterocycles. The van der Waals surface area contributed by atoms with Gasteiger partial charge in [0.1, 0.15) is 5.82 Å². The largest absolute Gasteiger partial charge is 0.316 e. The zero-order valence-corrected chi connectivity index (χ0v) is 9.44. The highest BCUT2D eigenvalue weighted by atomic mass is 19.1. The van der Waals surface area contributed by atoms with Gasteiger partial charge in [-0.25, -0.2) is 4.39 Å². The minimum Gasteiger partial charge on any atom is -0.316 e. The molecule has 1 N–H and O–H groups in total. The van der Waals surface area contributed by atoms with Gasteiger partial charge in [-0.05, 0) is 17.7 Å². The summed E-state index contributed by atoms with van der Waals surface area (Å²) in [7, 11) is 0. The van der Waals surface area contributed by atoms with E-state index in [0.717, 1.165) is 30.8 Å². The van der Waals surface area contributed by atoms with Crippen molar-refractivity contribution < 1.29 is 4.39 Å². The maximum absolute atomic E-state index is 13.1. The maximum atomic E-state index is 13.1. The average molecular weight is 231 g/mol. The summed E-state index contributed by atoms with van der Waals surface area (Å²) in [6.07, 6.45) is 3.77. The van der Waals surface area contributed by atoms with E-state index in [1.165, 1.54) is 12.1 Å². The molecule has 0 radical (unpaired) electrons. The first kappa shape index (κ1) is 10.5. The molecule has 0 spiro atoms. The molecule has 0 unspecified atom stereocenters. The molecule has 88 valence electrons. The Morgan fingerprint density at radius 1 is 1.35 bits per heavy atom. The number of nitrogens with one attached hydrogen (secondary N) is 1. The monoisotopic (exact) mass is 231 g/mol. The molecule has 1 aliphatic heterocycles. The van der Waals surface area contributed by atoms with Gasteiger partial charge in [-0.2, -0.15) is 5.10 Å². The second-order valence-corrected chi connectivity index (χ2v) is 4.49. The summed E-state index contributed by atoms with van der Waals surface area (Å²) in [5.74, 6) is 0.466. The van der Waals surface area contributed by atoms with E-state index in [2.05, 4.69) is 10.4 Å². The lowest BCUT2D eigenvalue weighted by molar-refractivity contribution is 0.295. The third-order valence-electron chi connectivity index (χ3n) is 3.10. The predicted octanol–water partition coefficient (Wildman–Crippen LogP) is 1.91. The highest BCUT2D eigenvalue weighted by molar-refractivity contribution is 5.61. The minimum absolute atomic E-state index is 0.210. The summed E-state index contributed by atoms with van der Waals surface area (Å²) in [6, 6.07) is 6.60. The molecule has 4 heteroatoms. The van der Waals surface area contributed by atoms with Crippen LogP contribution in [0, 0.1) is 11.7 Å². The Morgan fingerprint density at radius 3 is 2.94 bits per heavy atom. The van der Waals surface area contributed by atoms with Crippen molar-refractivity contribution in [1.82, 2.24) is 15.1 Å². The highest BCUT2D eigenvalue weighted by Gasteiger charge is 2.17. The number of hydrogen-bond donors (Lipinski definition) is 1. The molecule has 0 aliphatic carbocycles. The number of aromatic nitrogens is 2. The predicted molar refractivity (Wildman–Crippen MR) is 64.0 cm³/mol. The lowest BCUT2D eigenvalue weighted by atomic mass is 10.0. The number of rotatable bonds is 3. The first-order valence-corrected chi connectivity index (χ1v) is 5.80. The molecule has 0 bridgehead atoms. The molecule has 2 aromatic rings. The van der Waals surface area contributed by atoms with Crippen LogP contribution in [-0.2, 0) is 6.54 Å². The number of benzene rings is 1. The number of hydrogen-bond acceptors (Lipinski definition) is 2. The summed E-state index contributed by atoms with van der Waals surface area (Å²) in [5.41, 5.74) is 1.85. The Labute approximate surface area is 99.3 Å². The Balaban J connectivity index is 1.79. The molecule has 1 saturated heterocycles. The van der Waals surface area contributed by atoms with Crippen molar-refractivity contribution in [3.05, 3.63) is 42.5 Å². The van der Waals surface area contributed by atoms with Crippen molar-refractivity contribution in [2.24, 2.45) is 5.92 Å². The quantitative estimate of drug-likeness (QED) is 0.874. The maximum Gasteiger partial charge on any atom is 0.123 e. The molecular formula is C13H14FN3. The van der Waals surface area contributed by atoms with Crippen LogP contribution in [0.5, 0.6) is 0 Å². The summed E-state index contributed by atoms with van der Waals surface area (Å²) in [5, 5.41) is 7.55. The fraction of sp³-hybridized carbons (Fsp3) is 0.308. The standard InChI is InChI=1S/C13H14FN3/c14-13-3-1-2-11(4-13)12-7-16-17(9-12)8-10-5-15-6-10/h1-4,7,9-10,15H,5-6,8H2. The van der Waals surface area contributed by atoms with E-state index in [1.54, 1.807) is 12.3 Å². The van der Waals surface area contributed by atoms with Crippen LogP contribution in [0.25, 0.3) is 11.1 Å². The summed E-state index contributed by atoms with van der Waals surface area (Å²) in [6.45, 7) is 3.06. The summed E-state index contributed by atoms with van der Waals surface area (Å²) in [4.78, 5) is 0. The zero-order chi connectivity index (χ0) is 11.7. The van der Waals surface area contributed by atoms with Crippen LogP contribution in [0.3, 0.4) is 0 Å². The Morgan fingerprint density at radius 2 is 2.24 bits per heavy atom. The Hall–Kier alpha value is -1.68. The SMILES string of the molecule is Fc1cccc(-c2cnn(CC3CNC3)c2)c1. The third kappa shape index (κ3) is 2.22. The van der Waals surface area contributed by atoms with E-state index in [1.807, 2.05) is 16.9 Å². The third-order valence-corrected chi connectivity index (χ3v) is 3.10. The van der Waals surface area contributed by atoms with Gasteiger partial charge in [-0.3, -0.25) is 4.68 Å². The van der Waals surface area contributed by atoms with Gasteiger partial charge in [0.15, 0.2) is 0 Å². The van der Waals surface area contributed by atoms with Gasteiger partial charge < -0.3 is 5.32 Å². The van der Waals surface area contributed by atoms with Crippen LogP contribution in [0.4, 0.5) is 4.39 Å². The fourth-order valence-corrected chi connectivity index (χ4v) is 2.02.